The molecule has 0 bridgehead atoms. The summed E-state index contributed by atoms with van der Waals surface area (Å²) in [5.41, 5.74) is 9.50. The molecule has 20 heavy (non-hydrogen) atoms. The summed E-state index contributed by atoms with van der Waals surface area (Å²) in [6.45, 7) is 2.60. The minimum Gasteiger partial charge on any atom is -0.375 e. The maximum absolute atomic E-state index is 12.1. The highest BCUT2D eigenvalue weighted by molar-refractivity contribution is 7.22. The molecule has 0 radical (unpaired) electrons. The summed E-state index contributed by atoms with van der Waals surface area (Å²) in [5.74, 6) is -0.0792. The molecule has 0 aliphatic carbocycles. The molecule has 3 rings (SSSR count). The van der Waals surface area contributed by atoms with Crippen LogP contribution in [0, 0.1) is 6.92 Å². The smallest absolute Gasteiger partial charge is 0.251 e. The van der Waals surface area contributed by atoms with E-state index >= 15 is 0 Å². The zero-order valence-electron chi connectivity index (χ0n) is 10.8. The van der Waals surface area contributed by atoms with Crippen molar-refractivity contribution in [2.75, 3.05) is 5.73 Å². The first-order chi connectivity index (χ1) is 9.63. The van der Waals surface area contributed by atoms with Crippen molar-refractivity contribution in [1.82, 2.24) is 10.3 Å². The standard InChI is InChI=1S/C14H13N3OS2/c1-8-6-19-7-10(8)5-16-13(18)9-2-3-11-12(4-9)20-14(15)17-11/h2-4,6-7H,5H2,1H3,(H2,15,17)(H,16,18). The van der Waals surface area contributed by atoms with Crippen molar-refractivity contribution in [2.24, 2.45) is 0 Å². The van der Waals surface area contributed by atoms with Gasteiger partial charge in [0.15, 0.2) is 5.13 Å². The minimum absolute atomic E-state index is 0.0792. The van der Waals surface area contributed by atoms with Crippen molar-refractivity contribution in [3.63, 3.8) is 0 Å². The lowest BCUT2D eigenvalue weighted by atomic mass is 10.2. The number of rotatable bonds is 3. The van der Waals surface area contributed by atoms with Crippen molar-refractivity contribution in [3.05, 3.63) is 45.6 Å². The first-order valence-corrected chi connectivity index (χ1v) is 7.85. The second-order valence-corrected chi connectivity index (χ2v) is 6.30. The fourth-order valence-corrected chi connectivity index (χ4v) is 3.56. The molecule has 0 saturated carbocycles. The predicted octanol–water partition coefficient (Wildman–Crippen LogP) is 3.18. The van der Waals surface area contributed by atoms with E-state index in [1.807, 2.05) is 19.1 Å². The Bertz CT molecular complexity index is 776. The van der Waals surface area contributed by atoms with Crippen molar-refractivity contribution in [1.29, 1.82) is 0 Å². The summed E-state index contributed by atoms with van der Waals surface area (Å²) in [6.07, 6.45) is 0. The van der Waals surface area contributed by atoms with Crippen LogP contribution in [0.3, 0.4) is 0 Å². The van der Waals surface area contributed by atoms with Gasteiger partial charge in [0.25, 0.3) is 5.91 Å². The van der Waals surface area contributed by atoms with Crippen LogP contribution in [0.2, 0.25) is 0 Å². The Morgan fingerprint density at radius 2 is 2.25 bits per heavy atom. The highest BCUT2D eigenvalue weighted by Gasteiger charge is 2.09. The maximum Gasteiger partial charge on any atom is 0.251 e. The molecule has 1 aromatic carbocycles. The van der Waals surface area contributed by atoms with Gasteiger partial charge in [-0.25, -0.2) is 4.98 Å². The van der Waals surface area contributed by atoms with E-state index in [1.165, 1.54) is 16.9 Å². The van der Waals surface area contributed by atoms with Crippen LogP contribution >= 0.6 is 22.7 Å². The van der Waals surface area contributed by atoms with Gasteiger partial charge in [-0.2, -0.15) is 11.3 Å². The lowest BCUT2D eigenvalue weighted by molar-refractivity contribution is 0.0951. The summed E-state index contributed by atoms with van der Waals surface area (Å²) in [7, 11) is 0. The molecule has 0 spiro atoms. The second kappa shape index (κ2) is 5.22. The molecule has 102 valence electrons. The number of amides is 1. The van der Waals surface area contributed by atoms with E-state index in [4.69, 9.17) is 5.73 Å². The summed E-state index contributed by atoms with van der Waals surface area (Å²) < 4.78 is 0.932. The van der Waals surface area contributed by atoms with E-state index in [-0.39, 0.29) is 5.91 Å². The third-order valence-electron chi connectivity index (χ3n) is 3.07. The number of hydrogen-bond donors (Lipinski definition) is 2. The van der Waals surface area contributed by atoms with Gasteiger partial charge in [0.2, 0.25) is 0 Å². The molecule has 2 aromatic heterocycles. The van der Waals surface area contributed by atoms with Gasteiger partial charge in [-0.3, -0.25) is 4.79 Å². The number of fused-ring (bicyclic) bond motifs is 1. The number of carbonyl (C=O) groups excluding carboxylic acids is 1. The van der Waals surface area contributed by atoms with Crippen LogP contribution < -0.4 is 11.1 Å². The largest absolute Gasteiger partial charge is 0.375 e. The fourth-order valence-electron chi connectivity index (χ4n) is 1.93. The molecule has 1 amide bonds. The van der Waals surface area contributed by atoms with E-state index in [2.05, 4.69) is 21.1 Å². The van der Waals surface area contributed by atoms with E-state index in [0.29, 0.717) is 17.2 Å². The van der Waals surface area contributed by atoms with E-state index in [0.717, 1.165) is 15.8 Å². The number of aromatic nitrogens is 1. The number of nitrogens with one attached hydrogen (secondary N) is 1. The second-order valence-electron chi connectivity index (χ2n) is 4.50. The Kier molecular flexibility index (Phi) is 3.42. The van der Waals surface area contributed by atoms with Crippen molar-refractivity contribution in [3.8, 4) is 0 Å². The van der Waals surface area contributed by atoms with Crippen molar-refractivity contribution in [2.45, 2.75) is 13.5 Å². The molecule has 0 unspecified atom stereocenters. The molecular formula is C14H13N3OS2. The fraction of sp³-hybridized carbons (Fsp3) is 0.143. The summed E-state index contributed by atoms with van der Waals surface area (Å²) in [6, 6.07) is 5.43. The van der Waals surface area contributed by atoms with Crippen LogP contribution in [0.5, 0.6) is 0 Å². The quantitative estimate of drug-likeness (QED) is 0.781. The van der Waals surface area contributed by atoms with Gasteiger partial charge in [-0.05, 0) is 47.0 Å². The normalized spacial score (nSPS) is 10.8. The molecule has 6 heteroatoms. The van der Waals surface area contributed by atoms with Gasteiger partial charge in [0.1, 0.15) is 0 Å². The molecule has 0 fully saturated rings. The molecule has 3 aromatic rings. The van der Waals surface area contributed by atoms with Crippen LogP contribution in [0.4, 0.5) is 5.13 Å². The maximum atomic E-state index is 12.1. The highest BCUT2D eigenvalue weighted by Crippen LogP contribution is 2.24. The van der Waals surface area contributed by atoms with Gasteiger partial charge >= 0.3 is 0 Å². The number of nitrogen functional groups attached to an aromatic ring is 1. The number of anilines is 1. The van der Waals surface area contributed by atoms with Crippen LogP contribution in [-0.4, -0.2) is 10.9 Å². The Morgan fingerprint density at radius 1 is 1.40 bits per heavy atom. The van der Waals surface area contributed by atoms with Crippen LogP contribution in [0.25, 0.3) is 10.2 Å². The molecule has 4 nitrogen and oxygen atoms in total. The zero-order chi connectivity index (χ0) is 14.1. The molecular weight excluding hydrogens is 290 g/mol. The Hall–Kier alpha value is -1.92. The third kappa shape index (κ3) is 2.52. The number of thiophene rings is 1. The monoisotopic (exact) mass is 303 g/mol. The van der Waals surface area contributed by atoms with Crippen LogP contribution in [0.15, 0.2) is 29.0 Å². The average molecular weight is 303 g/mol. The van der Waals surface area contributed by atoms with Crippen LogP contribution in [-0.2, 0) is 6.54 Å². The topological polar surface area (TPSA) is 68.0 Å². The number of nitrogens with two attached hydrogens (primary N) is 1. The summed E-state index contributed by atoms with van der Waals surface area (Å²) >= 11 is 3.04. The van der Waals surface area contributed by atoms with Gasteiger partial charge in [0.05, 0.1) is 10.2 Å². The number of thiazole rings is 1. The van der Waals surface area contributed by atoms with Gasteiger partial charge in [0, 0.05) is 12.1 Å². The van der Waals surface area contributed by atoms with Crippen molar-refractivity contribution < 1.29 is 4.79 Å². The summed E-state index contributed by atoms with van der Waals surface area (Å²) in [5, 5.41) is 7.59. The molecule has 0 atom stereocenters. The SMILES string of the molecule is Cc1cscc1CNC(=O)c1ccc2nc(N)sc2c1. The van der Waals surface area contributed by atoms with Crippen molar-refractivity contribution >= 4 is 43.9 Å². The van der Waals surface area contributed by atoms with Gasteiger partial charge in [-0.1, -0.05) is 11.3 Å². The predicted molar refractivity (Wildman–Crippen MR) is 84.3 cm³/mol. The number of hydrogen-bond acceptors (Lipinski definition) is 5. The third-order valence-corrected chi connectivity index (χ3v) is 4.83. The molecule has 0 aliphatic rings. The molecule has 0 aliphatic heterocycles. The molecule has 2 heterocycles. The highest BCUT2D eigenvalue weighted by atomic mass is 32.1. The number of benzene rings is 1. The number of nitrogens with zero attached hydrogens (tertiary/aromatic N) is 1. The minimum atomic E-state index is -0.0792. The summed E-state index contributed by atoms with van der Waals surface area (Å²) in [4.78, 5) is 16.3. The first kappa shape index (κ1) is 13.1. The molecule has 0 saturated heterocycles. The van der Waals surface area contributed by atoms with Gasteiger partial charge < -0.3 is 11.1 Å². The first-order valence-electron chi connectivity index (χ1n) is 6.09. The van der Waals surface area contributed by atoms with E-state index in [9.17, 15) is 4.79 Å². The molecule has 3 N–H and O–H groups in total. The zero-order valence-corrected chi connectivity index (χ0v) is 12.5. The average Bonchev–Trinajstić information content (AvgIpc) is 2.99. The van der Waals surface area contributed by atoms with E-state index in [1.54, 1.807) is 17.4 Å². The Balaban J connectivity index is 1.76. The number of aryl methyl sites for hydroxylation is 1. The lowest BCUT2D eigenvalue weighted by Gasteiger charge is -2.05. The van der Waals surface area contributed by atoms with E-state index < -0.39 is 0 Å². The van der Waals surface area contributed by atoms with Gasteiger partial charge in [-0.15, -0.1) is 0 Å². The van der Waals surface area contributed by atoms with Crippen LogP contribution in [0.1, 0.15) is 21.5 Å². The Morgan fingerprint density at radius 3 is 3.00 bits per heavy atom. The Labute approximate surface area is 124 Å². The lowest BCUT2D eigenvalue weighted by Crippen LogP contribution is -2.22. The number of carbonyl (C=O) groups is 1.